The normalized spacial score (nSPS) is 16.9. The van der Waals surface area contributed by atoms with Crippen molar-refractivity contribution in [2.24, 2.45) is 5.92 Å². The van der Waals surface area contributed by atoms with E-state index >= 15 is 0 Å². The maximum atomic E-state index is 13.2. The molecule has 1 aliphatic carbocycles. The summed E-state index contributed by atoms with van der Waals surface area (Å²) in [6.07, 6.45) is 4.00. The highest BCUT2D eigenvalue weighted by Gasteiger charge is 2.33. The number of hydrogen-bond acceptors (Lipinski definition) is 5. The Kier molecular flexibility index (Phi) is 7.24. The molecule has 33 heavy (non-hydrogen) atoms. The van der Waals surface area contributed by atoms with Gasteiger partial charge < -0.3 is 14.8 Å². The van der Waals surface area contributed by atoms with Crippen LogP contribution in [0.5, 0.6) is 11.5 Å². The fourth-order valence-electron chi connectivity index (χ4n) is 4.60. The molecule has 1 saturated heterocycles. The Labute approximate surface area is 196 Å². The number of carbonyl (C=O) groups excluding carboxylic acids is 1. The Hall–Kier alpha value is -2.58. The second-order valence-corrected chi connectivity index (χ2v) is 10.4. The van der Waals surface area contributed by atoms with Gasteiger partial charge in [0.15, 0.2) is 0 Å². The summed E-state index contributed by atoms with van der Waals surface area (Å²) in [5.74, 6) is 0.860. The number of anilines is 1. The average molecular weight is 473 g/mol. The molecule has 1 amide bonds. The van der Waals surface area contributed by atoms with Gasteiger partial charge in [0.2, 0.25) is 15.9 Å². The first-order valence-electron chi connectivity index (χ1n) is 11.7. The summed E-state index contributed by atoms with van der Waals surface area (Å²) in [6.45, 7) is 5.45. The number of carbonyl (C=O) groups is 1. The molecule has 0 spiro atoms. The third-order valence-corrected chi connectivity index (χ3v) is 8.25. The number of sulfonamides is 1. The molecule has 0 saturated carbocycles. The van der Waals surface area contributed by atoms with E-state index in [4.69, 9.17) is 9.47 Å². The van der Waals surface area contributed by atoms with Crippen LogP contribution in [0.4, 0.5) is 5.69 Å². The van der Waals surface area contributed by atoms with E-state index in [2.05, 4.69) is 5.32 Å². The van der Waals surface area contributed by atoms with Gasteiger partial charge >= 0.3 is 0 Å². The standard InChI is InChI=1S/C25H32N2O5S/c1-3-31-21-9-11-24(32-4-2)23(17-21)26-25(28)19-12-14-27(15-13-19)33(29,30)22-10-8-18-6-5-7-20(18)16-22/h8-11,16-17,19H,3-7,12-15H2,1-2H3,(H,26,28). The molecule has 2 aromatic carbocycles. The SMILES string of the molecule is CCOc1ccc(OCC)c(NC(=O)C2CCN(S(=O)(=O)c3ccc4c(c3)CCC4)CC2)c1. The van der Waals surface area contributed by atoms with E-state index in [9.17, 15) is 13.2 Å². The Bertz CT molecular complexity index is 1110. The third kappa shape index (κ3) is 5.17. The number of aryl methyl sites for hydroxylation is 2. The van der Waals surface area contributed by atoms with Gasteiger partial charge in [0, 0.05) is 25.1 Å². The predicted octanol–water partition coefficient (Wildman–Crippen LogP) is 4.01. The highest BCUT2D eigenvalue weighted by molar-refractivity contribution is 7.89. The molecule has 1 N–H and O–H groups in total. The molecular weight excluding hydrogens is 440 g/mol. The summed E-state index contributed by atoms with van der Waals surface area (Å²) >= 11 is 0. The van der Waals surface area contributed by atoms with Crippen molar-refractivity contribution in [2.45, 2.75) is 50.8 Å². The van der Waals surface area contributed by atoms with E-state index < -0.39 is 10.0 Å². The van der Waals surface area contributed by atoms with Crippen molar-refractivity contribution in [1.82, 2.24) is 4.31 Å². The summed E-state index contributed by atoms with van der Waals surface area (Å²) in [4.78, 5) is 13.3. The highest BCUT2D eigenvalue weighted by atomic mass is 32.2. The van der Waals surface area contributed by atoms with E-state index in [0.717, 1.165) is 24.8 Å². The van der Waals surface area contributed by atoms with Crippen LogP contribution in [0.2, 0.25) is 0 Å². The van der Waals surface area contributed by atoms with E-state index in [1.54, 1.807) is 18.2 Å². The molecule has 0 bridgehead atoms. The molecule has 4 rings (SSSR count). The van der Waals surface area contributed by atoms with E-state index in [0.29, 0.717) is 61.2 Å². The summed E-state index contributed by atoms with van der Waals surface area (Å²) in [6, 6.07) is 10.9. The van der Waals surface area contributed by atoms with E-state index in [1.165, 1.54) is 9.87 Å². The molecular formula is C25H32N2O5S. The van der Waals surface area contributed by atoms with Gasteiger partial charge in [-0.3, -0.25) is 4.79 Å². The first-order valence-corrected chi connectivity index (χ1v) is 13.2. The average Bonchev–Trinajstić information content (AvgIpc) is 3.29. The lowest BCUT2D eigenvalue weighted by Gasteiger charge is -2.30. The van der Waals surface area contributed by atoms with Gasteiger partial charge in [-0.25, -0.2) is 8.42 Å². The molecule has 7 nitrogen and oxygen atoms in total. The number of hydrogen-bond donors (Lipinski definition) is 1. The van der Waals surface area contributed by atoms with Gasteiger partial charge in [-0.1, -0.05) is 6.07 Å². The van der Waals surface area contributed by atoms with Gasteiger partial charge in [-0.05, 0) is 81.3 Å². The van der Waals surface area contributed by atoms with Crippen molar-refractivity contribution in [3.05, 3.63) is 47.5 Å². The number of fused-ring (bicyclic) bond motifs is 1. The van der Waals surface area contributed by atoms with Crippen LogP contribution in [0.15, 0.2) is 41.3 Å². The molecule has 2 aliphatic rings. The summed E-state index contributed by atoms with van der Waals surface area (Å²) in [7, 11) is -3.55. The quantitative estimate of drug-likeness (QED) is 0.627. The van der Waals surface area contributed by atoms with Gasteiger partial charge in [-0.2, -0.15) is 4.31 Å². The van der Waals surface area contributed by atoms with Crippen molar-refractivity contribution in [2.75, 3.05) is 31.6 Å². The van der Waals surface area contributed by atoms with Crippen LogP contribution in [0, 0.1) is 5.92 Å². The minimum atomic E-state index is -3.55. The molecule has 1 heterocycles. The van der Waals surface area contributed by atoms with Gasteiger partial charge in [0.1, 0.15) is 11.5 Å². The zero-order chi connectivity index (χ0) is 23.4. The monoisotopic (exact) mass is 472 g/mol. The number of rotatable bonds is 8. The number of ether oxygens (including phenoxy) is 2. The van der Waals surface area contributed by atoms with Gasteiger partial charge in [0.05, 0.1) is 23.8 Å². The summed E-state index contributed by atoms with van der Waals surface area (Å²) in [5.41, 5.74) is 2.97. The summed E-state index contributed by atoms with van der Waals surface area (Å²) < 4.78 is 39.0. The number of benzene rings is 2. The number of piperidine rings is 1. The van der Waals surface area contributed by atoms with Crippen LogP contribution in [0.25, 0.3) is 0 Å². The second-order valence-electron chi connectivity index (χ2n) is 8.48. The van der Waals surface area contributed by atoms with Crippen LogP contribution in [-0.2, 0) is 27.7 Å². The molecule has 0 atom stereocenters. The van der Waals surface area contributed by atoms with Crippen LogP contribution in [0.1, 0.15) is 44.2 Å². The molecule has 178 valence electrons. The largest absolute Gasteiger partial charge is 0.494 e. The topological polar surface area (TPSA) is 84.9 Å². The zero-order valence-corrected chi connectivity index (χ0v) is 20.1. The fraction of sp³-hybridized carbons (Fsp3) is 0.480. The highest BCUT2D eigenvalue weighted by Crippen LogP contribution is 2.32. The third-order valence-electron chi connectivity index (χ3n) is 6.35. The second kappa shape index (κ2) is 10.1. The Balaban J connectivity index is 1.41. The Morgan fingerprint density at radius 2 is 1.73 bits per heavy atom. The number of amides is 1. The van der Waals surface area contributed by atoms with Crippen molar-refractivity contribution in [3.63, 3.8) is 0 Å². The number of nitrogens with zero attached hydrogens (tertiary/aromatic N) is 1. The van der Waals surface area contributed by atoms with Crippen molar-refractivity contribution in [3.8, 4) is 11.5 Å². The maximum absolute atomic E-state index is 13.2. The molecule has 0 unspecified atom stereocenters. The Morgan fingerprint density at radius 1 is 1.00 bits per heavy atom. The minimum absolute atomic E-state index is 0.126. The van der Waals surface area contributed by atoms with Gasteiger partial charge in [0.25, 0.3) is 0 Å². The molecule has 8 heteroatoms. The molecule has 0 aromatic heterocycles. The molecule has 1 fully saturated rings. The zero-order valence-electron chi connectivity index (χ0n) is 19.3. The van der Waals surface area contributed by atoms with E-state index in [1.807, 2.05) is 32.0 Å². The predicted molar refractivity (Wildman–Crippen MR) is 127 cm³/mol. The molecule has 0 radical (unpaired) electrons. The minimum Gasteiger partial charge on any atom is -0.494 e. The van der Waals surface area contributed by atoms with Crippen molar-refractivity contribution in [1.29, 1.82) is 0 Å². The van der Waals surface area contributed by atoms with Crippen LogP contribution >= 0.6 is 0 Å². The lowest BCUT2D eigenvalue weighted by Crippen LogP contribution is -2.41. The van der Waals surface area contributed by atoms with Crippen molar-refractivity contribution < 1.29 is 22.7 Å². The Morgan fingerprint density at radius 3 is 2.45 bits per heavy atom. The smallest absolute Gasteiger partial charge is 0.243 e. The maximum Gasteiger partial charge on any atom is 0.243 e. The lowest BCUT2D eigenvalue weighted by molar-refractivity contribution is -0.120. The fourth-order valence-corrected chi connectivity index (χ4v) is 6.12. The first-order chi connectivity index (χ1) is 15.9. The van der Waals surface area contributed by atoms with Crippen LogP contribution in [0.3, 0.4) is 0 Å². The lowest BCUT2D eigenvalue weighted by atomic mass is 9.97. The van der Waals surface area contributed by atoms with Crippen LogP contribution in [-0.4, -0.2) is 44.9 Å². The first kappa shape index (κ1) is 23.6. The molecule has 1 aliphatic heterocycles. The van der Waals surface area contributed by atoms with Crippen LogP contribution < -0.4 is 14.8 Å². The van der Waals surface area contributed by atoms with E-state index in [-0.39, 0.29) is 11.8 Å². The number of nitrogens with one attached hydrogen (secondary N) is 1. The van der Waals surface area contributed by atoms with Crippen molar-refractivity contribution >= 4 is 21.6 Å². The van der Waals surface area contributed by atoms with Gasteiger partial charge in [-0.15, -0.1) is 0 Å². The molecule has 2 aromatic rings. The summed E-state index contributed by atoms with van der Waals surface area (Å²) in [5, 5.41) is 2.97.